The number of ether oxygens (including phenoxy) is 1. The Labute approximate surface area is 139 Å². The molecule has 1 atom stereocenters. The van der Waals surface area contributed by atoms with Gasteiger partial charge in [-0.2, -0.15) is 0 Å². The molecule has 0 saturated heterocycles. The van der Waals surface area contributed by atoms with E-state index in [-0.39, 0.29) is 24.1 Å². The summed E-state index contributed by atoms with van der Waals surface area (Å²) in [5, 5.41) is 0.748. The van der Waals surface area contributed by atoms with Gasteiger partial charge in [-0.05, 0) is 47.9 Å². The SMILES string of the molecule is CC(CN)c1cn(C)c2ccc(F)c(OCc3ccc(F)cc3)c12. The average molecular weight is 330 g/mol. The Morgan fingerprint density at radius 1 is 1.12 bits per heavy atom. The van der Waals surface area contributed by atoms with Gasteiger partial charge in [-0.25, -0.2) is 8.78 Å². The van der Waals surface area contributed by atoms with Crippen LogP contribution in [0.2, 0.25) is 0 Å². The zero-order chi connectivity index (χ0) is 17.3. The lowest BCUT2D eigenvalue weighted by Gasteiger charge is -2.13. The summed E-state index contributed by atoms with van der Waals surface area (Å²) in [6.07, 6.45) is 1.96. The highest BCUT2D eigenvalue weighted by Crippen LogP contribution is 2.36. The quantitative estimate of drug-likeness (QED) is 0.765. The van der Waals surface area contributed by atoms with E-state index in [2.05, 4.69) is 0 Å². The number of hydrogen-bond donors (Lipinski definition) is 1. The molecule has 0 radical (unpaired) electrons. The fraction of sp³-hybridized carbons (Fsp3) is 0.263. The molecule has 0 aliphatic rings. The van der Waals surface area contributed by atoms with E-state index in [4.69, 9.17) is 10.5 Å². The van der Waals surface area contributed by atoms with Crippen molar-refractivity contribution in [2.75, 3.05) is 6.54 Å². The highest BCUT2D eigenvalue weighted by Gasteiger charge is 2.19. The second-order valence-corrected chi connectivity index (χ2v) is 6.02. The van der Waals surface area contributed by atoms with Crippen molar-refractivity contribution < 1.29 is 13.5 Å². The Bertz CT molecular complexity index is 856. The standard InChI is InChI=1S/C19H20F2N2O/c1-12(9-22)15-10-23(2)17-8-7-16(21)19(18(15)17)24-11-13-3-5-14(20)6-4-13/h3-8,10,12H,9,11,22H2,1-2H3. The fourth-order valence-corrected chi connectivity index (χ4v) is 2.84. The molecule has 126 valence electrons. The number of halogens is 2. The van der Waals surface area contributed by atoms with Gasteiger partial charge < -0.3 is 15.0 Å². The topological polar surface area (TPSA) is 40.2 Å². The largest absolute Gasteiger partial charge is 0.485 e. The first-order valence-corrected chi connectivity index (χ1v) is 7.86. The number of benzene rings is 2. The molecule has 1 unspecified atom stereocenters. The van der Waals surface area contributed by atoms with Crippen molar-refractivity contribution in [2.45, 2.75) is 19.4 Å². The van der Waals surface area contributed by atoms with Crippen LogP contribution in [-0.4, -0.2) is 11.1 Å². The van der Waals surface area contributed by atoms with Gasteiger partial charge in [0, 0.05) is 18.6 Å². The van der Waals surface area contributed by atoms with E-state index >= 15 is 0 Å². The smallest absolute Gasteiger partial charge is 0.165 e. The summed E-state index contributed by atoms with van der Waals surface area (Å²) < 4.78 is 35.1. The molecule has 0 bridgehead atoms. The molecule has 3 nitrogen and oxygen atoms in total. The van der Waals surface area contributed by atoms with Gasteiger partial charge >= 0.3 is 0 Å². The number of aryl methyl sites for hydroxylation is 1. The van der Waals surface area contributed by atoms with Crippen molar-refractivity contribution >= 4 is 10.9 Å². The van der Waals surface area contributed by atoms with E-state index < -0.39 is 5.82 Å². The predicted molar refractivity (Wildman–Crippen MR) is 91.1 cm³/mol. The van der Waals surface area contributed by atoms with Crippen molar-refractivity contribution in [2.24, 2.45) is 12.8 Å². The molecule has 0 aliphatic heterocycles. The van der Waals surface area contributed by atoms with Crippen LogP contribution in [0, 0.1) is 11.6 Å². The first kappa shape index (κ1) is 16.5. The summed E-state index contributed by atoms with van der Waals surface area (Å²) in [5.74, 6) is -0.424. The minimum atomic E-state index is -0.415. The van der Waals surface area contributed by atoms with E-state index in [0.717, 1.165) is 22.0 Å². The Balaban J connectivity index is 2.02. The van der Waals surface area contributed by atoms with Crippen LogP contribution >= 0.6 is 0 Å². The molecule has 3 rings (SSSR count). The molecule has 0 amide bonds. The van der Waals surface area contributed by atoms with Gasteiger partial charge in [0.15, 0.2) is 11.6 Å². The molecular formula is C19H20F2N2O. The maximum absolute atomic E-state index is 14.4. The molecule has 0 aliphatic carbocycles. The number of rotatable bonds is 5. The summed E-state index contributed by atoms with van der Waals surface area (Å²) in [7, 11) is 1.91. The zero-order valence-corrected chi connectivity index (χ0v) is 13.7. The van der Waals surface area contributed by atoms with Crippen LogP contribution < -0.4 is 10.5 Å². The van der Waals surface area contributed by atoms with Crippen molar-refractivity contribution in [3.63, 3.8) is 0 Å². The Morgan fingerprint density at radius 3 is 2.50 bits per heavy atom. The third kappa shape index (κ3) is 2.99. The Kier molecular flexibility index (Phi) is 4.53. The number of fused-ring (bicyclic) bond motifs is 1. The lowest BCUT2D eigenvalue weighted by molar-refractivity contribution is 0.294. The minimum absolute atomic E-state index is 0.0867. The lowest BCUT2D eigenvalue weighted by Crippen LogP contribution is -2.09. The predicted octanol–water partition coefficient (Wildman–Crippen LogP) is 4.10. The highest BCUT2D eigenvalue weighted by atomic mass is 19.1. The first-order chi connectivity index (χ1) is 11.5. The first-order valence-electron chi connectivity index (χ1n) is 7.86. The van der Waals surface area contributed by atoms with Crippen molar-refractivity contribution in [3.8, 4) is 5.75 Å². The minimum Gasteiger partial charge on any atom is -0.485 e. The summed E-state index contributed by atoms with van der Waals surface area (Å²) in [6, 6.07) is 9.12. The lowest BCUT2D eigenvalue weighted by atomic mass is 10.00. The van der Waals surface area contributed by atoms with E-state index in [9.17, 15) is 8.78 Å². The summed E-state index contributed by atoms with van der Waals surface area (Å²) in [6.45, 7) is 2.64. The van der Waals surface area contributed by atoms with E-state index in [1.807, 2.05) is 24.7 Å². The average Bonchev–Trinajstić information content (AvgIpc) is 2.92. The summed E-state index contributed by atoms with van der Waals surface area (Å²) in [4.78, 5) is 0. The van der Waals surface area contributed by atoms with Crippen LogP contribution in [0.3, 0.4) is 0 Å². The van der Waals surface area contributed by atoms with Crippen molar-refractivity contribution in [1.82, 2.24) is 4.57 Å². The third-order valence-electron chi connectivity index (χ3n) is 4.27. The number of hydrogen-bond acceptors (Lipinski definition) is 2. The molecule has 1 heterocycles. The number of nitrogens with two attached hydrogens (primary N) is 1. The second kappa shape index (κ2) is 6.61. The molecule has 0 fully saturated rings. The molecule has 24 heavy (non-hydrogen) atoms. The highest BCUT2D eigenvalue weighted by molar-refractivity contribution is 5.90. The van der Waals surface area contributed by atoms with Crippen LogP contribution in [0.4, 0.5) is 8.78 Å². The maximum atomic E-state index is 14.4. The van der Waals surface area contributed by atoms with Crippen molar-refractivity contribution in [3.05, 3.63) is 65.4 Å². The molecule has 2 N–H and O–H groups in total. The third-order valence-corrected chi connectivity index (χ3v) is 4.27. The van der Waals surface area contributed by atoms with Crippen molar-refractivity contribution in [1.29, 1.82) is 0 Å². The summed E-state index contributed by atoms with van der Waals surface area (Å²) >= 11 is 0. The van der Waals surface area contributed by atoms with E-state index in [0.29, 0.717) is 6.54 Å². The van der Waals surface area contributed by atoms with Crippen LogP contribution in [-0.2, 0) is 13.7 Å². The molecule has 5 heteroatoms. The van der Waals surface area contributed by atoms with E-state index in [1.54, 1.807) is 18.2 Å². The fourth-order valence-electron chi connectivity index (χ4n) is 2.84. The van der Waals surface area contributed by atoms with Gasteiger partial charge in [-0.1, -0.05) is 19.1 Å². The Morgan fingerprint density at radius 2 is 1.83 bits per heavy atom. The molecule has 1 aromatic heterocycles. The maximum Gasteiger partial charge on any atom is 0.165 e. The van der Waals surface area contributed by atoms with Gasteiger partial charge in [0.1, 0.15) is 12.4 Å². The molecule has 0 saturated carbocycles. The summed E-state index contributed by atoms with van der Waals surface area (Å²) in [5.41, 5.74) is 8.42. The van der Waals surface area contributed by atoms with Crippen LogP contribution in [0.1, 0.15) is 24.0 Å². The normalized spacial score (nSPS) is 12.5. The van der Waals surface area contributed by atoms with Gasteiger partial charge in [-0.3, -0.25) is 0 Å². The number of nitrogens with zero attached hydrogens (tertiary/aromatic N) is 1. The molecule has 3 aromatic rings. The van der Waals surface area contributed by atoms with E-state index in [1.165, 1.54) is 18.2 Å². The molecule has 0 spiro atoms. The van der Waals surface area contributed by atoms with Gasteiger partial charge in [0.2, 0.25) is 0 Å². The van der Waals surface area contributed by atoms with Crippen LogP contribution in [0.15, 0.2) is 42.6 Å². The van der Waals surface area contributed by atoms with Gasteiger partial charge in [-0.15, -0.1) is 0 Å². The monoisotopic (exact) mass is 330 g/mol. The second-order valence-electron chi connectivity index (χ2n) is 6.02. The number of aromatic nitrogens is 1. The van der Waals surface area contributed by atoms with Gasteiger partial charge in [0.25, 0.3) is 0 Å². The van der Waals surface area contributed by atoms with Gasteiger partial charge in [0.05, 0.1) is 5.52 Å². The molecular weight excluding hydrogens is 310 g/mol. The van der Waals surface area contributed by atoms with Crippen LogP contribution in [0.5, 0.6) is 5.75 Å². The Hall–Kier alpha value is -2.40. The molecule has 2 aromatic carbocycles. The zero-order valence-electron chi connectivity index (χ0n) is 13.7. The van der Waals surface area contributed by atoms with Crippen LogP contribution in [0.25, 0.3) is 10.9 Å².